The van der Waals surface area contributed by atoms with Crippen LogP contribution in [0, 0.1) is 0 Å². The Labute approximate surface area is 102 Å². The van der Waals surface area contributed by atoms with Crippen LogP contribution in [0.25, 0.3) is 0 Å². The first kappa shape index (κ1) is 13.4. The molecule has 0 saturated carbocycles. The van der Waals surface area contributed by atoms with E-state index in [4.69, 9.17) is 10.5 Å². The summed E-state index contributed by atoms with van der Waals surface area (Å²) < 4.78 is 5.17. The molecule has 0 bridgehead atoms. The van der Waals surface area contributed by atoms with E-state index < -0.39 is 0 Å². The van der Waals surface area contributed by atoms with Crippen LogP contribution in [0.2, 0.25) is 0 Å². The second kappa shape index (κ2) is 6.85. The Morgan fingerprint density at radius 3 is 2.76 bits per heavy atom. The highest BCUT2D eigenvalue weighted by molar-refractivity contribution is 5.99. The van der Waals surface area contributed by atoms with Gasteiger partial charge in [0, 0.05) is 19.3 Å². The van der Waals surface area contributed by atoms with Crippen LogP contribution < -0.4 is 5.73 Å². The second-order valence-corrected chi connectivity index (χ2v) is 3.87. The van der Waals surface area contributed by atoms with Crippen LogP contribution >= 0.6 is 0 Å². The fourth-order valence-corrected chi connectivity index (χ4v) is 1.36. The highest BCUT2D eigenvalue weighted by atomic mass is 16.5. The molecule has 0 spiro atoms. The van der Waals surface area contributed by atoms with Crippen molar-refractivity contribution in [3.05, 3.63) is 24.4 Å². The first-order valence-electron chi connectivity index (χ1n) is 5.60. The Bertz CT molecular complexity index is 342. The lowest BCUT2D eigenvalue weighted by Crippen LogP contribution is -2.42. The summed E-state index contributed by atoms with van der Waals surface area (Å²) in [6, 6.07) is 0. The standard InChI is InChI=1S/C12H19N3O2/c1-3-10(2)9-14-11(13)8-12(16)15-4-6-17-7-5-15/h3,9H,1,4-8H2,2H3,(H2,13,14)/b10-9-. The van der Waals surface area contributed by atoms with Gasteiger partial charge in [0.25, 0.3) is 0 Å². The lowest BCUT2D eigenvalue weighted by molar-refractivity contribution is -0.133. The second-order valence-electron chi connectivity index (χ2n) is 3.87. The van der Waals surface area contributed by atoms with Gasteiger partial charge in [-0.25, -0.2) is 4.99 Å². The average Bonchev–Trinajstić information content (AvgIpc) is 2.36. The van der Waals surface area contributed by atoms with Gasteiger partial charge in [-0.1, -0.05) is 12.7 Å². The number of hydrogen-bond donors (Lipinski definition) is 1. The van der Waals surface area contributed by atoms with Crippen LogP contribution in [-0.4, -0.2) is 42.9 Å². The van der Waals surface area contributed by atoms with E-state index in [9.17, 15) is 4.79 Å². The quantitative estimate of drug-likeness (QED) is 0.444. The molecule has 1 saturated heterocycles. The van der Waals surface area contributed by atoms with Gasteiger partial charge in [0.15, 0.2) is 0 Å². The molecule has 0 aromatic carbocycles. The lowest BCUT2D eigenvalue weighted by Gasteiger charge is -2.26. The van der Waals surface area contributed by atoms with E-state index in [1.54, 1.807) is 17.2 Å². The molecule has 0 unspecified atom stereocenters. The molecule has 0 radical (unpaired) electrons. The van der Waals surface area contributed by atoms with Crippen LogP contribution in [-0.2, 0) is 9.53 Å². The number of amidine groups is 1. The summed E-state index contributed by atoms with van der Waals surface area (Å²) in [7, 11) is 0. The fraction of sp³-hybridized carbons (Fsp3) is 0.500. The Hall–Kier alpha value is -1.62. The molecule has 1 amide bonds. The third-order valence-corrected chi connectivity index (χ3v) is 2.45. The SMILES string of the molecule is C=C/C(C)=C\N=C(N)CC(=O)N1CCOCC1. The highest BCUT2D eigenvalue weighted by Crippen LogP contribution is 2.01. The number of carbonyl (C=O) groups excluding carboxylic acids is 1. The first-order chi connectivity index (χ1) is 8.13. The van der Waals surface area contributed by atoms with Crippen molar-refractivity contribution in [1.29, 1.82) is 0 Å². The molecule has 94 valence electrons. The number of allylic oxidation sites excluding steroid dienone is 2. The largest absolute Gasteiger partial charge is 0.387 e. The van der Waals surface area contributed by atoms with Crippen molar-refractivity contribution in [2.24, 2.45) is 10.7 Å². The van der Waals surface area contributed by atoms with E-state index in [1.165, 1.54) is 0 Å². The maximum atomic E-state index is 11.8. The van der Waals surface area contributed by atoms with Crippen LogP contribution in [0.15, 0.2) is 29.4 Å². The smallest absolute Gasteiger partial charge is 0.230 e. The Morgan fingerprint density at radius 2 is 2.18 bits per heavy atom. The van der Waals surface area contributed by atoms with E-state index in [0.717, 1.165) is 5.57 Å². The Balaban J connectivity index is 2.47. The van der Waals surface area contributed by atoms with E-state index in [1.807, 2.05) is 6.92 Å². The van der Waals surface area contributed by atoms with Crippen LogP contribution in [0.3, 0.4) is 0 Å². The molecule has 0 aliphatic carbocycles. The van der Waals surface area contributed by atoms with Crippen molar-refractivity contribution in [1.82, 2.24) is 4.90 Å². The van der Waals surface area contributed by atoms with Crippen molar-refractivity contribution in [2.75, 3.05) is 26.3 Å². The van der Waals surface area contributed by atoms with E-state index in [-0.39, 0.29) is 12.3 Å². The number of amides is 1. The van der Waals surface area contributed by atoms with Gasteiger partial charge in [-0.3, -0.25) is 4.79 Å². The first-order valence-corrected chi connectivity index (χ1v) is 5.60. The molecule has 1 rings (SSSR count). The highest BCUT2D eigenvalue weighted by Gasteiger charge is 2.17. The van der Waals surface area contributed by atoms with Crippen LogP contribution in [0.1, 0.15) is 13.3 Å². The molecular formula is C12H19N3O2. The summed E-state index contributed by atoms with van der Waals surface area (Å²) in [6.07, 6.45) is 3.44. The molecule has 17 heavy (non-hydrogen) atoms. The molecule has 5 heteroatoms. The lowest BCUT2D eigenvalue weighted by atomic mass is 10.3. The number of carbonyl (C=O) groups is 1. The summed E-state index contributed by atoms with van der Waals surface area (Å²) in [5.41, 5.74) is 6.59. The minimum Gasteiger partial charge on any atom is -0.387 e. The molecule has 1 aliphatic rings. The van der Waals surface area contributed by atoms with Gasteiger partial charge in [-0.05, 0) is 12.5 Å². The third-order valence-electron chi connectivity index (χ3n) is 2.45. The van der Waals surface area contributed by atoms with E-state index >= 15 is 0 Å². The average molecular weight is 237 g/mol. The molecule has 1 fully saturated rings. The molecule has 0 atom stereocenters. The molecule has 5 nitrogen and oxygen atoms in total. The number of nitrogens with zero attached hydrogens (tertiary/aromatic N) is 2. The van der Waals surface area contributed by atoms with Gasteiger partial charge in [0.05, 0.1) is 19.6 Å². The molecule has 1 heterocycles. The zero-order valence-corrected chi connectivity index (χ0v) is 10.2. The summed E-state index contributed by atoms with van der Waals surface area (Å²) in [6.45, 7) is 7.93. The monoisotopic (exact) mass is 237 g/mol. The van der Waals surface area contributed by atoms with Crippen molar-refractivity contribution < 1.29 is 9.53 Å². The molecule has 2 N–H and O–H groups in total. The number of nitrogens with two attached hydrogens (primary N) is 1. The normalized spacial score (nSPS) is 18.1. The zero-order chi connectivity index (χ0) is 12.7. The Kier molecular flexibility index (Phi) is 5.42. The number of aliphatic imine (C=N–C) groups is 1. The van der Waals surface area contributed by atoms with Gasteiger partial charge in [-0.2, -0.15) is 0 Å². The predicted octanol–water partition coefficient (Wildman–Crippen LogP) is 0.682. The third kappa shape index (κ3) is 4.82. The number of ether oxygens (including phenoxy) is 1. The van der Waals surface area contributed by atoms with Crippen LogP contribution in [0.4, 0.5) is 0 Å². The summed E-state index contributed by atoms with van der Waals surface area (Å²) in [5.74, 6) is 0.321. The molecule has 0 aromatic heterocycles. The van der Waals surface area contributed by atoms with Crippen molar-refractivity contribution in [3.63, 3.8) is 0 Å². The summed E-state index contributed by atoms with van der Waals surface area (Å²) in [5, 5.41) is 0. The van der Waals surface area contributed by atoms with Gasteiger partial charge < -0.3 is 15.4 Å². The van der Waals surface area contributed by atoms with Crippen molar-refractivity contribution >= 4 is 11.7 Å². The molecular weight excluding hydrogens is 218 g/mol. The van der Waals surface area contributed by atoms with Crippen molar-refractivity contribution in [3.8, 4) is 0 Å². The predicted molar refractivity (Wildman–Crippen MR) is 67.6 cm³/mol. The van der Waals surface area contributed by atoms with Crippen LogP contribution in [0.5, 0.6) is 0 Å². The topological polar surface area (TPSA) is 67.9 Å². The minimum absolute atomic E-state index is 0.000735. The van der Waals surface area contributed by atoms with E-state index in [0.29, 0.717) is 32.1 Å². The maximum Gasteiger partial charge on any atom is 0.230 e. The maximum absolute atomic E-state index is 11.8. The summed E-state index contributed by atoms with van der Waals surface area (Å²) in [4.78, 5) is 17.5. The number of rotatable bonds is 4. The fourth-order valence-electron chi connectivity index (χ4n) is 1.36. The van der Waals surface area contributed by atoms with Crippen molar-refractivity contribution in [2.45, 2.75) is 13.3 Å². The molecule has 0 aromatic rings. The minimum atomic E-state index is -0.000735. The summed E-state index contributed by atoms with van der Waals surface area (Å²) >= 11 is 0. The number of morpholine rings is 1. The molecule has 1 aliphatic heterocycles. The Morgan fingerprint density at radius 1 is 1.53 bits per heavy atom. The van der Waals surface area contributed by atoms with Gasteiger partial charge in [-0.15, -0.1) is 0 Å². The number of hydrogen-bond acceptors (Lipinski definition) is 3. The van der Waals surface area contributed by atoms with E-state index in [2.05, 4.69) is 11.6 Å². The zero-order valence-electron chi connectivity index (χ0n) is 10.2. The van der Waals surface area contributed by atoms with Gasteiger partial charge in [0.1, 0.15) is 5.84 Å². The van der Waals surface area contributed by atoms with Gasteiger partial charge in [0.2, 0.25) is 5.91 Å². The van der Waals surface area contributed by atoms with Gasteiger partial charge >= 0.3 is 0 Å².